The molecule has 0 aliphatic rings. The van der Waals surface area contributed by atoms with Crippen molar-refractivity contribution in [3.8, 4) is 0 Å². The summed E-state index contributed by atoms with van der Waals surface area (Å²) in [4.78, 5) is 32.5. The van der Waals surface area contributed by atoms with Crippen molar-refractivity contribution in [2.24, 2.45) is 0 Å². The van der Waals surface area contributed by atoms with Gasteiger partial charge in [-0.15, -0.1) is 11.6 Å². The molecule has 0 heterocycles. The number of hydrogen-bond acceptors (Lipinski definition) is 5. The number of halogens is 1. The lowest BCUT2D eigenvalue weighted by Gasteiger charge is -2.12. The van der Waals surface area contributed by atoms with Gasteiger partial charge in [0.2, 0.25) is 0 Å². The first kappa shape index (κ1) is 15.1. The number of aliphatic hydroxyl groups is 1. The standard InChI is InChI=1S/C11H10ClNO6/c1-5(12)9(14)8-4-6(13(18)19)2-3-7(8)10(15)11(16)17/h2-5,10,15H,1H3,(H,16,17). The molecule has 8 heteroatoms. The van der Waals surface area contributed by atoms with Crippen LogP contribution in [0.3, 0.4) is 0 Å². The lowest BCUT2D eigenvalue weighted by molar-refractivity contribution is -0.384. The van der Waals surface area contributed by atoms with Crippen LogP contribution in [0.25, 0.3) is 0 Å². The molecule has 0 aliphatic heterocycles. The molecule has 2 unspecified atom stereocenters. The normalized spacial score (nSPS) is 13.6. The Morgan fingerprint density at radius 3 is 2.42 bits per heavy atom. The highest BCUT2D eigenvalue weighted by atomic mass is 35.5. The van der Waals surface area contributed by atoms with Gasteiger partial charge in [0.15, 0.2) is 11.9 Å². The number of rotatable bonds is 5. The fraction of sp³-hybridized carbons (Fsp3) is 0.273. The molecule has 0 aromatic heterocycles. The second-order valence-corrected chi connectivity index (χ2v) is 4.40. The predicted molar refractivity (Wildman–Crippen MR) is 65.3 cm³/mol. The van der Waals surface area contributed by atoms with Gasteiger partial charge in [-0.1, -0.05) is 0 Å². The van der Waals surface area contributed by atoms with Gasteiger partial charge in [-0.05, 0) is 13.0 Å². The van der Waals surface area contributed by atoms with Crippen LogP contribution in [-0.4, -0.2) is 32.3 Å². The molecule has 2 N–H and O–H groups in total. The number of nitro groups is 1. The van der Waals surface area contributed by atoms with E-state index < -0.39 is 28.2 Å². The number of carbonyl (C=O) groups excluding carboxylic acids is 1. The van der Waals surface area contributed by atoms with Crippen LogP contribution in [0, 0.1) is 10.1 Å². The molecule has 1 rings (SSSR count). The highest BCUT2D eigenvalue weighted by molar-refractivity contribution is 6.33. The third-order valence-electron chi connectivity index (χ3n) is 2.40. The Morgan fingerprint density at radius 1 is 1.42 bits per heavy atom. The fourth-order valence-corrected chi connectivity index (χ4v) is 1.57. The van der Waals surface area contributed by atoms with Crippen LogP contribution in [-0.2, 0) is 4.79 Å². The Bertz CT molecular complexity index is 542. The van der Waals surface area contributed by atoms with E-state index >= 15 is 0 Å². The molecule has 0 amide bonds. The summed E-state index contributed by atoms with van der Waals surface area (Å²) < 4.78 is 0. The number of non-ortho nitro benzene ring substituents is 1. The van der Waals surface area contributed by atoms with Gasteiger partial charge >= 0.3 is 5.97 Å². The number of hydrogen-bond donors (Lipinski definition) is 2. The number of carboxylic acid groups (broad SMARTS) is 1. The van der Waals surface area contributed by atoms with E-state index in [0.29, 0.717) is 0 Å². The summed E-state index contributed by atoms with van der Waals surface area (Å²) in [6.07, 6.45) is -1.95. The van der Waals surface area contributed by atoms with Crippen LogP contribution in [0.15, 0.2) is 18.2 Å². The first-order valence-electron chi connectivity index (χ1n) is 5.13. The number of benzene rings is 1. The monoisotopic (exact) mass is 287 g/mol. The number of alkyl halides is 1. The summed E-state index contributed by atoms with van der Waals surface area (Å²) >= 11 is 5.60. The van der Waals surface area contributed by atoms with E-state index in [4.69, 9.17) is 16.7 Å². The van der Waals surface area contributed by atoms with Crippen LogP contribution in [0.2, 0.25) is 0 Å². The first-order chi connectivity index (χ1) is 8.75. The predicted octanol–water partition coefficient (Wildman–Crippen LogP) is 1.52. The molecule has 0 spiro atoms. The molecule has 1 aromatic carbocycles. The van der Waals surface area contributed by atoms with E-state index in [-0.39, 0.29) is 16.8 Å². The average Bonchev–Trinajstić information content (AvgIpc) is 2.35. The molecule has 102 valence electrons. The van der Waals surface area contributed by atoms with Gasteiger partial charge in [0.05, 0.1) is 10.3 Å². The second-order valence-electron chi connectivity index (χ2n) is 3.75. The summed E-state index contributed by atoms with van der Waals surface area (Å²) in [7, 11) is 0. The summed E-state index contributed by atoms with van der Waals surface area (Å²) in [6, 6.07) is 2.95. The molecule has 7 nitrogen and oxygen atoms in total. The van der Waals surface area contributed by atoms with E-state index in [0.717, 1.165) is 18.2 Å². The topological polar surface area (TPSA) is 118 Å². The number of ketones is 1. The molecule has 0 radical (unpaired) electrons. The van der Waals surface area contributed by atoms with Gasteiger partial charge in [0.1, 0.15) is 0 Å². The molecule has 19 heavy (non-hydrogen) atoms. The van der Waals surface area contributed by atoms with Crippen molar-refractivity contribution >= 4 is 29.0 Å². The lowest BCUT2D eigenvalue weighted by atomic mass is 9.97. The van der Waals surface area contributed by atoms with Crippen LogP contribution in [0.1, 0.15) is 28.9 Å². The SMILES string of the molecule is CC(Cl)C(=O)c1cc([N+](=O)[O-])ccc1C(O)C(=O)O. The quantitative estimate of drug-likeness (QED) is 0.367. The van der Waals surface area contributed by atoms with Crippen molar-refractivity contribution < 1.29 is 24.7 Å². The van der Waals surface area contributed by atoms with Gasteiger partial charge in [-0.25, -0.2) is 4.79 Å². The molecule has 0 fully saturated rings. The van der Waals surface area contributed by atoms with Gasteiger partial charge in [0, 0.05) is 23.3 Å². The van der Waals surface area contributed by atoms with E-state index in [9.17, 15) is 24.8 Å². The summed E-state index contributed by atoms with van der Waals surface area (Å²) in [6.45, 7) is 1.35. The van der Waals surface area contributed by atoms with Crippen molar-refractivity contribution in [3.05, 3.63) is 39.4 Å². The lowest BCUT2D eigenvalue weighted by Crippen LogP contribution is -2.19. The Hall–Kier alpha value is -1.99. The molecule has 0 aliphatic carbocycles. The highest BCUT2D eigenvalue weighted by Crippen LogP contribution is 2.25. The summed E-state index contributed by atoms with van der Waals surface area (Å²) in [5.74, 6) is -2.26. The third kappa shape index (κ3) is 3.27. The maximum Gasteiger partial charge on any atom is 0.337 e. The number of nitrogens with zero attached hydrogens (tertiary/aromatic N) is 1. The Balaban J connectivity index is 3.42. The van der Waals surface area contributed by atoms with Crippen LogP contribution in [0.5, 0.6) is 0 Å². The van der Waals surface area contributed by atoms with E-state index in [1.807, 2.05) is 0 Å². The number of Topliss-reactive ketones (excluding diaryl/α,β-unsaturated/α-hetero) is 1. The maximum absolute atomic E-state index is 11.8. The zero-order valence-electron chi connectivity index (χ0n) is 9.74. The van der Waals surface area contributed by atoms with Gasteiger partial charge in [0.25, 0.3) is 5.69 Å². The van der Waals surface area contributed by atoms with Crippen LogP contribution >= 0.6 is 11.6 Å². The second kappa shape index (κ2) is 5.77. The Kier molecular flexibility index (Phi) is 4.57. The van der Waals surface area contributed by atoms with E-state index in [1.54, 1.807) is 0 Å². The van der Waals surface area contributed by atoms with Gasteiger partial charge < -0.3 is 10.2 Å². The van der Waals surface area contributed by atoms with Crippen molar-refractivity contribution in [1.29, 1.82) is 0 Å². The van der Waals surface area contributed by atoms with Gasteiger partial charge in [-0.2, -0.15) is 0 Å². The number of aliphatic carboxylic acids is 1. The van der Waals surface area contributed by atoms with E-state index in [1.165, 1.54) is 6.92 Å². The first-order valence-corrected chi connectivity index (χ1v) is 5.56. The van der Waals surface area contributed by atoms with Crippen LogP contribution < -0.4 is 0 Å². The fourth-order valence-electron chi connectivity index (χ4n) is 1.46. The number of nitro benzene ring substituents is 1. The minimum Gasteiger partial charge on any atom is -0.479 e. The largest absolute Gasteiger partial charge is 0.479 e. The molecule has 0 saturated carbocycles. The Labute approximate surface area is 112 Å². The van der Waals surface area contributed by atoms with Gasteiger partial charge in [-0.3, -0.25) is 14.9 Å². The number of carboxylic acids is 1. The number of carbonyl (C=O) groups is 2. The van der Waals surface area contributed by atoms with Crippen molar-refractivity contribution in [3.63, 3.8) is 0 Å². The molecule has 2 atom stereocenters. The third-order valence-corrected chi connectivity index (χ3v) is 2.60. The Morgan fingerprint density at radius 2 is 2.00 bits per heavy atom. The van der Waals surface area contributed by atoms with Crippen molar-refractivity contribution in [2.75, 3.05) is 0 Å². The number of aliphatic hydroxyl groups excluding tert-OH is 1. The molecular weight excluding hydrogens is 278 g/mol. The zero-order chi connectivity index (χ0) is 14.7. The molecular formula is C11H10ClNO6. The van der Waals surface area contributed by atoms with Crippen molar-refractivity contribution in [2.45, 2.75) is 18.4 Å². The summed E-state index contributed by atoms with van der Waals surface area (Å²) in [5, 5.41) is 27.8. The minimum absolute atomic E-state index is 0.226. The average molecular weight is 288 g/mol. The smallest absolute Gasteiger partial charge is 0.337 e. The van der Waals surface area contributed by atoms with Crippen LogP contribution in [0.4, 0.5) is 5.69 Å². The minimum atomic E-state index is -1.95. The molecule has 0 saturated heterocycles. The molecule has 1 aromatic rings. The van der Waals surface area contributed by atoms with Crippen molar-refractivity contribution in [1.82, 2.24) is 0 Å². The van der Waals surface area contributed by atoms with E-state index in [2.05, 4.69) is 0 Å². The zero-order valence-corrected chi connectivity index (χ0v) is 10.5. The summed E-state index contributed by atoms with van der Waals surface area (Å²) in [5.41, 5.74) is -0.885. The highest BCUT2D eigenvalue weighted by Gasteiger charge is 2.26. The maximum atomic E-state index is 11.8. The molecule has 0 bridgehead atoms.